The minimum absolute atomic E-state index is 0.282. The van der Waals surface area contributed by atoms with Crippen LogP contribution in [0, 0.1) is 0 Å². The average molecular weight is 310 g/mol. The van der Waals surface area contributed by atoms with Gasteiger partial charge in [0.2, 0.25) is 0 Å². The highest BCUT2D eigenvalue weighted by molar-refractivity contribution is 6.35. The maximum atomic E-state index is 6.32. The minimum Gasteiger partial charge on any atom is -0.383 e. The largest absolute Gasteiger partial charge is 0.383 e. The highest BCUT2D eigenvalue weighted by Crippen LogP contribution is 2.44. The van der Waals surface area contributed by atoms with Crippen molar-refractivity contribution in [1.82, 2.24) is 9.55 Å². The van der Waals surface area contributed by atoms with Crippen molar-refractivity contribution in [3.05, 3.63) is 34.1 Å². The van der Waals surface area contributed by atoms with E-state index in [0.29, 0.717) is 21.8 Å². The Morgan fingerprint density at radius 1 is 1.30 bits per heavy atom. The average Bonchev–Trinajstić information content (AvgIpc) is 3.16. The van der Waals surface area contributed by atoms with Crippen LogP contribution in [-0.2, 0) is 0 Å². The van der Waals surface area contributed by atoms with Gasteiger partial charge >= 0.3 is 0 Å². The zero-order chi connectivity index (χ0) is 14.4. The molecule has 1 saturated carbocycles. The lowest BCUT2D eigenvalue weighted by Gasteiger charge is -2.13. The maximum Gasteiger partial charge on any atom is 0.132 e. The predicted octanol–water partition coefficient (Wildman–Crippen LogP) is 4.90. The third-order valence-corrected chi connectivity index (χ3v) is 4.18. The van der Waals surface area contributed by atoms with Crippen molar-refractivity contribution < 1.29 is 0 Å². The Morgan fingerprint density at radius 2 is 2.00 bits per heavy atom. The zero-order valence-corrected chi connectivity index (χ0v) is 13.0. The number of hydrogen-bond acceptors (Lipinski definition) is 2. The second-order valence-corrected chi connectivity index (χ2v) is 6.41. The standard InChI is InChI=1S/C15H17Cl2N3/c1-8(2)20-14(18)13(19-15(20)9-3-4-9)11-7-10(16)5-6-12(11)17/h5-9H,3-4,18H2,1-2H3. The first-order valence-corrected chi connectivity index (χ1v) is 7.57. The van der Waals surface area contributed by atoms with Crippen LogP contribution in [-0.4, -0.2) is 9.55 Å². The molecule has 3 nitrogen and oxygen atoms in total. The third kappa shape index (κ3) is 2.29. The van der Waals surface area contributed by atoms with Crippen molar-refractivity contribution in [2.75, 3.05) is 5.73 Å². The fourth-order valence-electron chi connectivity index (χ4n) is 2.51. The molecule has 1 aliphatic rings. The minimum atomic E-state index is 0.282. The summed E-state index contributed by atoms with van der Waals surface area (Å²) in [7, 11) is 0. The molecule has 0 atom stereocenters. The van der Waals surface area contributed by atoms with Gasteiger partial charge in [0.15, 0.2) is 0 Å². The number of imidazole rings is 1. The Labute approximate surface area is 128 Å². The van der Waals surface area contributed by atoms with E-state index in [1.165, 1.54) is 12.8 Å². The number of halogens is 2. The Kier molecular flexibility index (Phi) is 3.43. The molecule has 0 saturated heterocycles. The molecule has 1 aromatic heterocycles. The van der Waals surface area contributed by atoms with Crippen LogP contribution in [0.25, 0.3) is 11.3 Å². The van der Waals surface area contributed by atoms with Gasteiger partial charge in [-0.1, -0.05) is 23.2 Å². The molecular weight excluding hydrogens is 293 g/mol. The lowest BCUT2D eigenvalue weighted by molar-refractivity contribution is 0.576. The summed E-state index contributed by atoms with van der Waals surface area (Å²) in [5.74, 6) is 2.28. The lowest BCUT2D eigenvalue weighted by Crippen LogP contribution is -2.08. The number of rotatable bonds is 3. The zero-order valence-electron chi connectivity index (χ0n) is 11.5. The number of hydrogen-bond donors (Lipinski definition) is 1. The van der Waals surface area contributed by atoms with E-state index in [2.05, 4.69) is 18.4 Å². The molecule has 20 heavy (non-hydrogen) atoms. The summed E-state index contributed by atoms with van der Waals surface area (Å²) in [6, 6.07) is 5.66. The Balaban J connectivity index is 2.19. The van der Waals surface area contributed by atoms with Crippen molar-refractivity contribution in [3.8, 4) is 11.3 Å². The van der Waals surface area contributed by atoms with E-state index in [1.807, 2.05) is 6.07 Å². The van der Waals surface area contributed by atoms with Gasteiger partial charge in [0.1, 0.15) is 17.3 Å². The summed E-state index contributed by atoms with van der Waals surface area (Å²) >= 11 is 12.3. The monoisotopic (exact) mass is 309 g/mol. The van der Waals surface area contributed by atoms with Gasteiger partial charge in [0.25, 0.3) is 0 Å². The molecule has 0 spiro atoms. The van der Waals surface area contributed by atoms with Crippen molar-refractivity contribution in [2.24, 2.45) is 0 Å². The molecule has 0 bridgehead atoms. The molecular formula is C15H17Cl2N3. The van der Waals surface area contributed by atoms with E-state index in [9.17, 15) is 0 Å². The molecule has 106 valence electrons. The van der Waals surface area contributed by atoms with Crippen molar-refractivity contribution >= 4 is 29.0 Å². The molecule has 5 heteroatoms. The molecule has 1 fully saturated rings. The fourth-order valence-corrected chi connectivity index (χ4v) is 2.89. The molecule has 3 rings (SSSR count). The maximum absolute atomic E-state index is 6.32. The van der Waals surface area contributed by atoms with E-state index in [-0.39, 0.29) is 6.04 Å². The highest BCUT2D eigenvalue weighted by atomic mass is 35.5. The van der Waals surface area contributed by atoms with Crippen LogP contribution in [0.1, 0.15) is 44.5 Å². The van der Waals surface area contributed by atoms with Gasteiger partial charge in [-0.25, -0.2) is 4.98 Å². The van der Waals surface area contributed by atoms with Gasteiger partial charge in [0.05, 0.1) is 5.02 Å². The Hall–Kier alpha value is -1.19. The fraction of sp³-hybridized carbons (Fsp3) is 0.400. The summed E-state index contributed by atoms with van der Waals surface area (Å²) in [4.78, 5) is 4.76. The Morgan fingerprint density at radius 3 is 2.60 bits per heavy atom. The van der Waals surface area contributed by atoms with Crippen molar-refractivity contribution in [1.29, 1.82) is 0 Å². The summed E-state index contributed by atoms with van der Waals surface area (Å²) < 4.78 is 2.12. The first-order chi connectivity index (χ1) is 9.49. The molecule has 2 N–H and O–H groups in total. The van der Waals surface area contributed by atoms with Crippen LogP contribution < -0.4 is 5.73 Å². The van der Waals surface area contributed by atoms with E-state index >= 15 is 0 Å². The topological polar surface area (TPSA) is 43.8 Å². The Bertz CT molecular complexity index is 657. The van der Waals surface area contributed by atoms with E-state index < -0.39 is 0 Å². The first kappa shape index (κ1) is 13.8. The van der Waals surface area contributed by atoms with Crippen LogP contribution in [0.15, 0.2) is 18.2 Å². The number of aromatic nitrogens is 2. The number of nitrogens with zero attached hydrogens (tertiary/aromatic N) is 2. The van der Waals surface area contributed by atoms with Gasteiger partial charge in [-0.3, -0.25) is 0 Å². The normalized spacial score (nSPS) is 15.1. The lowest BCUT2D eigenvalue weighted by atomic mass is 10.1. The third-order valence-electron chi connectivity index (χ3n) is 3.62. The number of benzene rings is 1. The molecule has 0 radical (unpaired) electrons. The molecule has 1 heterocycles. The molecule has 2 aromatic rings. The molecule has 1 aliphatic carbocycles. The van der Waals surface area contributed by atoms with Crippen LogP contribution in [0.4, 0.5) is 5.82 Å². The summed E-state index contributed by atoms with van der Waals surface area (Å²) in [6.45, 7) is 4.24. The summed E-state index contributed by atoms with van der Waals surface area (Å²) in [6.07, 6.45) is 2.37. The number of anilines is 1. The van der Waals surface area contributed by atoms with Crippen LogP contribution >= 0.6 is 23.2 Å². The number of nitrogen functional groups attached to an aromatic ring is 1. The molecule has 0 amide bonds. The molecule has 0 aliphatic heterocycles. The van der Waals surface area contributed by atoms with E-state index in [4.69, 9.17) is 33.9 Å². The quantitative estimate of drug-likeness (QED) is 0.876. The highest BCUT2D eigenvalue weighted by Gasteiger charge is 2.32. The van der Waals surface area contributed by atoms with Gasteiger partial charge in [0, 0.05) is 22.5 Å². The van der Waals surface area contributed by atoms with E-state index in [1.54, 1.807) is 12.1 Å². The SMILES string of the molecule is CC(C)n1c(C2CC2)nc(-c2cc(Cl)ccc2Cl)c1N. The van der Waals surface area contributed by atoms with Gasteiger partial charge in [-0.15, -0.1) is 0 Å². The van der Waals surface area contributed by atoms with Crippen LogP contribution in [0.3, 0.4) is 0 Å². The van der Waals surface area contributed by atoms with Crippen LogP contribution in [0.5, 0.6) is 0 Å². The second-order valence-electron chi connectivity index (χ2n) is 5.57. The second kappa shape index (κ2) is 4.97. The summed E-state index contributed by atoms with van der Waals surface area (Å²) in [5.41, 5.74) is 7.87. The number of nitrogens with two attached hydrogens (primary N) is 1. The van der Waals surface area contributed by atoms with Crippen molar-refractivity contribution in [2.45, 2.75) is 38.6 Å². The van der Waals surface area contributed by atoms with Gasteiger partial charge < -0.3 is 10.3 Å². The van der Waals surface area contributed by atoms with Gasteiger partial charge in [-0.05, 0) is 44.9 Å². The molecule has 0 unspecified atom stereocenters. The molecule has 1 aromatic carbocycles. The van der Waals surface area contributed by atoms with Crippen LogP contribution in [0.2, 0.25) is 10.0 Å². The first-order valence-electron chi connectivity index (χ1n) is 6.82. The van der Waals surface area contributed by atoms with Gasteiger partial charge in [-0.2, -0.15) is 0 Å². The smallest absolute Gasteiger partial charge is 0.132 e. The van der Waals surface area contributed by atoms with E-state index in [0.717, 1.165) is 17.1 Å². The predicted molar refractivity (Wildman–Crippen MR) is 84.5 cm³/mol. The van der Waals surface area contributed by atoms with Crippen molar-refractivity contribution in [3.63, 3.8) is 0 Å². The summed E-state index contributed by atoms with van der Waals surface area (Å²) in [5, 5.41) is 1.26.